The van der Waals surface area contributed by atoms with Gasteiger partial charge in [0, 0.05) is 11.1 Å². The molecule has 0 saturated heterocycles. The Labute approximate surface area is 321 Å². The molecule has 0 spiro atoms. The number of halogens is 1. The third-order valence-corrected chi connectivity index (χ3v) is 11.9. The normalized spacial score (nSPS) is 12.9. The summed E-state index contributed by atoms with van der Waals surface area (Å²) in [6, 6.07) is 11.5. The summed E-state index contributed by atoms with van der Waals surface area (Å²) in [4.78, 5) is 8.63. The highest BCUT2D eigenvalue weighted by Crippen LogP contribution is 2.46. The van der Waals surface area contributed by atoms with E-state index in [-0.39, 0.29) is 16.5 Å². The van der Waals surface area contributed by atoms with E-state index < -0.39 is 122 Å². The summed E-state index contributed by atoms with van der Waals surface area (Å²) in [6.07, 6.45) is 0. The van der Waals surface area contributed by atoms with Crippen molar-refractivity contribution in [2.75, 3.05) is 23.0 Å². The lowest BCUT2D eigenvalue weighted by atomic mass is 10.1. The molecule has 56 heavy (non-hydrogen) atoms. The number of hydrogen-bond acceptors (Lipinski definition) is 19. The second kappa shape index (κ2) is 15.5. The van der Waals surface area contributed by atoms with E-state index in [0.717, 1.165) is 30.3 Å². The quantitative estimate of drug-likeness (QED) is 0.0618. The number of sulfone groups is 1. The fourth-order valence-corrected chi connectivity index (χ4v) is 8.22. The molecule has 0 fully saturated rings. The van der Waals surface area contributed by atoms with Crippen molar-refractivity contribution < 1.29 is 69.6 Å². The molecule has 5 rings (SSSR count). The van der Waals surface area contributed by atoms with Gasteiger partial charge in [0.2, 0.25) is 17.2 Å². The number of nitrogens with zero attached hydrogens (tertiary/aromatic N) is 5. The first-order valence-corrected chi connectivity index (χ1v) is 22.2. The van der Waals surface area contributed by atoms with E-state index in [9.17, 15) is 60.9 Å². The average molecular weight is 896 g/mol. The maximum Gasteiger partial charge on any atom is 0.397 e. The van der Waals surface area contributed by atoms with Gasteiger partial charge in [0.1, 0.15) is 21.2 Å². The minimum absolute atomic E-state index is 0.0229. The molecule has 0 bridgehead atoms. The molecular weight excluding hydrogens is 874 g/mol. The smallest absolute Gasteiger partial charge is 0.397 e. The van der Waals surface area contributed by atoms with Crippen LogP contribution in [0.3, 0.4) is 0 Å². The standard InChI is InChI=1S/C27H22ClN7O16S5/c28-25-31-26(29-15-4-3-5-16(12-15)52(37,38)9-8-51-56(48,49)50)33-27(32-25)30-19-13-17(53(39,40)41)10-14-11-21(55(45,46)47)23(24(36)22(14)19)35-34-18-6-1-2-7-20(18)54(42,43)44/h1-7,10-13,36H,8-9H2,(H,39,40,41)(H,42,43,44)(H,45,46,47)(H,48,49,50)(H2,29,30,31,32,33). The number of phenols is 1. The van der Waals surface area contributed by atoms with Gasteiger partial charge in [-0.1, -0.05) is 18.2 Å². The van der Waals surface area contributed by atoms with Gasteiger partial charge in [-0.25, -0.2) is 12.6 Å². The van der Waals surface area contributed by atoms with Crippen molar-refractivity contribution in [2.24, 2.45) is 10.2 Å². The minimum Gasteiger partial charge on any atom is -0.505 e. The van der Waals surface area contributed by atoms with Crippen molar-refractivity contribution in [1.82, 2.24) is 15.0 Å². The molecule has 0 atom stereocenters. The number of anilines is 4. The summed E-state index contributed by atoms with van der Waals surface area (Å²) in [6.45, 7) is -0.899. The van der Waals surface area contributed by atoms with Crippen LogP contribution >= 0.6 is 11.6 Å². The first-order chi connectivity index (χ1) is 25.8. The van der Waals surface area contributed by atoms with E-state index >= 15 is 0 Å². The molecule has 1 heterocycles. The van der Waals surface area contributed by atoms with E-state index in [4.69, 9.17) is 16.2 Å². The molecule has 4 aromatic carbocycles. The van der Waals surface area contributed by atoms with E-state index in [1.165, 1.54) is 24.3 Å². The van der Waals surface area contributed by atoms with Crippen LogP contribution in [0, 0.1) is 0 Å². The Balaban J connectivity index is 1.61. The number of aromatic hydroxyl groups is 1. The SMILES string of the molecule is O=S(=O)(O)OCCS(=O)(=O)c1cccc(Nc2nc(Cl)nc(Nc3cc(S(=O)(=O)O)cc4cc(S(=O)(=O)O)c(N=Nc5ccccc5S(=O)(=O)O)c(O)c34)n2)c1. The lowest BCUT2D eigenvalue weighted by molar-refractivity contribution is 0.284. The Morgan fingerprint density at radius 2 is 1.32 bits per heavy atom. The van der Waals surface area contributed by atoms with Crippen LogP contribution in [0.1, 0.15) is 0 Å². The second-order valence-electron chi connectivity index (χ2n) is 10.8. The molecule has 298 valence electrons. The van der Waals surface area contributed by atoms with Gasteiger partial charge in [0.05, 0.1) is 27.8 Å². The van der Waals surface area contributed by atoms with E-state index in [1.807, 2.05) is 0 Å². The number of phenolic OH excluding ortho intramolecular Hbond substituents is 1. The third kappa shape index (κ3) is 10.2. The fourth-order valence-electron chi connectivity index (χ4n) is 4.71. The molecule has 0 aliphatic heterocycles. The summed E-state index contributed by atoms with van der Waals surface area (Å²) in [5.74, 6) is -2.86. The molecule has 0 unspecified atom stereocenters. The average Bonchev–Trinajstić information content (AvgIpc) is 3.05. The Morgan fingerprint density at radius 3 is 1.95 bits per heavy atom. The zero-order valence-corrected chi connectivity index (χ0v) is 32.0. The van der Waals surface area contributed by atoms with Gasteiger partial charge in [-0.15, -0.1) is 10.2 Å². The summed E-state index contributed by atoms with van der Waals surface area (Å²) in [5.41, 5.74) is -2.01. The Morgan fingerprint density at radius 1 is 0.679 bits per heavy atom. The first-order valence-electron chi connectivity index (χ1n) is 14.5. The van der Waals surface area contributed by atoms with Crippen LogP contribution in [0.15, 0.2) is 96.5 Å². The lowest BCUT2D eigenvalue weighted by Crippen LogP contribution is -2.15. The summed E-state index contributed by atoms with van der Waals surface area (Å²) < 4.78 is 162. The number of rotatable bonds is 14. The molecule has 23 nitrogen and oxygen atoms in total. The second-order valence-corrected chi connectivity index (χ2v) is 18.6. The molecule has 1 aromatic heterocycles. The topological polar surface area (TPSA) is 369 Å². The molecule has 5 aromatic rings. The molecule has 0 radical (unpaired) electrons. The Kier molecular flexibility index (Phi) is 11.7. The van der Waals surface area contributed by atoms with Crippen LogP contribution in [0.5, 0.6) is 5.75 Å². The highest BCUT2D eigenvalue weighted by molar-refractivity contribution is 7.91. The zero-order valence-electron chi connectivity index (χ0n) is 27.1. The van der Waals surface area contributed by atoms with Gasteiger partial charge in [0.15, 0.2) is 15.6 Å². The van der Waals surface area contributed by atoms with Crippen LogP contribution in [0.25, 0.3) is 10.8 Å². The summed E-state index contributed by atoms with van der Waals surface area (Å²) >= 11 is 6.08. The number of azo groups is 1. The van der Waals surface area contributed by atoms with Crippen molar-refractivity contribution in [2.45, 2.75) is 19.6 Å². The number of hydrogen-bond donors (Lipinski definition) is 7. The highest BCUT2D eigenvalue weighted by atomic mass is 35.5. The number of aromatic nitrogens is 3. The van der Waals surface area contributed by atoms with E-state index in [0.29, 0.717) is 12.1 Å². The molecule has 29 heteroatoms. The van der Waals surface area contributed by atoms with Gasteiger partial charge in [0.25, 0.3) is 30.4 Å². The number of benzene rings is 4. The zero-order chi connectivity index (χ0) is 41.4. The Bertz CT molecular complexity index is 3010. The predicted molar refractivity (Wildman–Crippen MR) is 193 cm³/mol. The maximum atomic E-state index is 12.7. The van der Waals surface area contributed by atoms with Crippen LogP contribution in [-0.2, 0) is 54.8 Å². The number of nitrogens with one attached hydrogen (secondary N) is 2. The Hall–Kier alpha value is -5.01. The van der Waals surface area contributed by atoms with Crippen molar-refractivity contribution in [3.63, 3.8) is 0 Å². The van der Waals surface area contributed by atoms with Crippen LogP contribution in [-0.4, -0.2) is 92.7 Å². The van der Waals surface area contributed by atoms with E-state index in [1.54, 1.807) is 0 Å². The molecule has 0 saturated carbocycles. The number of fused-ring (bicyclic) bond motifs is 1. The highest BCUT2D eigenvalue weighted by Gasteiger charge is 2.27. The lowest BCUT2D eigenvalue weighted by Gasteiger charge is -2.15. The molecule has 7 N–H and O–H groups in total. The first kappa shape index (κ1) is 42.1. The molecular formula is C27H22ClN7O16S5. The van der Waals surface area contributed by atoms with Crippen molar-refractivity contribution in [1.29, 1.82) is 0 Å². The van der Waals surface area contributed by atoms with E-state index in [2.05, 4.69) is 40.0 Å². The van der Waals surface area contributed by atoms with Gasteiger partial charge < -0.3 is 15.7 Å². The van der Waals surface area contributed by atoms with Crippen molar-refractivity contribution >= 4 is 108 Å². The third-order valence-electron chi connectivity index (χ3n) is 6.99. The largest absolute Gasteiger partial charge is 0.505 e. The predicted octanol–water partition coefficient (Wildman–Crippen LogP) is 3.62. The monoisotopic (exact) mass is 895 g/mol. The molecule has 0 amide bonds. The fraction of sp³-hybridized carbons (Fsp3) is 0.0741. The van der Waals surface area contributed by atoms with Crippen molar-refractivity contribution in [3.05, 3.63) is 72.0 Å². The van der Waals surface area contributed by atoms with Gasteiger partial charge in [-0.05, 0) is 65.5 Å². The van der Waals surface area contributed by atoms with Gasteiger partial charge in [-0.3, -0.25) is 18.2 Å². The van der Waals surface area contributed by atoms with Crippen molar-refractivity contribution in [3.8, 4) is 5.75 Å². The van der Waals surface area contributed by atoms with Crippen LogP contribution in [0.2, 0.25) is 5.28 Å². The summed E-state index contributed by atoms with van der Waals surface area (Å²) in [7, 11) is -24.4. The molecule has 0 aliphatic carbocycles. The minimum atomic E-state index is -5.33. The van der Waals surface area contributed by atoms with Crippen LogP contribution < -0.4 is 10.6 Å². The summed E-state index contributed by atoms with van der Waals surface area (Å²) in [5, 5.41) is 22.3. The molecule has 0 aliphatic rings. The van der Waals surface area contributed by atoms with Gasteiger partial charge >= 0.3 is 10.4 Å². The maximum absolute atomic E-state index is 12.7. The van der Waals surface area contributed by atoms with Crippen LogP contribution in [0.4, 0.5) is 34.6 Å². The van der Waals surface area contributed by atoms with Gasteiger partial charge in [-0.2, -0.15) is 48.6 Å².